The number of rotatable bonds is 3. The van der Waals surface area contributed by atoms with Crippen molar-refractivity contribution in [2.45, 2.75) is 13.3 Å². The standard InChI is InChI=1S/C17H18N2O2/c1-3-13-9-7-8-12-15(13)18-16(20)17(21)19(2)14-10-5-4-6-11-14/h4-12H,3H2,1-2H3,(H,18,20). The number of para-hydroxylation sites is 2. The molecule has 0 heterocycles. The van der Waals surface area contributed by atoms with Gasteiger partial charge in [0, 0.05) is 18.4 Å². The summed E-state index contributed by atoms with van der Waals surface area (Å²) >= 11 is 0. The van der Waals surface area contributed by atoms with Crippen molar-refractivity contribution in [3.05, 3.63) is 60.2 Å². The molecule has 0 aliphatic rings. The van der Waals surface area contributed by atoms with E-state index < -0.39 is 11.8 Å². The Morgan fingerprint density at radius 2 is 1.62 bits per heavy atom. The normalized spacial score (nSPS) is 10.0. The van der Waals surface area contributed by atoms with Crippen LogP contribution in [0.15, 0.2) is 54.6 Å². The van der Waals surface area contributed by atoms with Gasteiger partial charge < -0.3 is 10.2 Å². The first kappa shape index (κ1) is 14.8. The molecule has 4 nitrogen and oxygen atoms in total. The van der Waals surface area contributed by atoms with Crippen LogP contribution in [0.4, 0.5) is 11.4 Å². The van der Waals surface area contributed by atoms with E-state index in [1.54, 1.807) is 25.2 Å². The Kier molecular flexibility index (Phi) is 4.72. The number of benzene rings is 2. The molecule has 0 atom stereocenters. The zero-order valence-electron chi connectivity index (χ0n) is 12.2. The number of nitrogens with zero attached hydrogens (tertiary/aromatic N) is 1. The number of hydrogen-bond acceptors (Lipinski definition) is 2. The van der Waals surface area contributed by atoms with Crippen LogP contribution in [-0.4, -0.2) is 18.9 Å². The Balaban J connectivity index is 2.11. The van der Waals surface area contributed by atoms with E-state index in [9.17, 15) is 9.59 Å². The van der Waals surface area contributed by atoms with Crippen LogP contribution < -0.4 is 10.2 Å². The van der Waals surface area contributed by atoms with Gasteiger partial charge in [-0.3, -0.25) is 9.59 Å². The van der Waals surface area contributed by atoms with Gasteiger partial charge in [0.1, 0.15) is 0 Å². The van der Waals surface area contributed by atoms with E-state index in [0.29, 0.717) is 11.4 Å². The molecule has 1 N–H and O–H groups in total. The van der Waals surface area contributed by atoms with Crippen molar-refractivity contribution >= 4 is 23.2 Å². The maximum absolute atomic E-state index is 12.2. The average Bonchev–Trinajstić information content (AvgIpc) is 2.54. The molecule has 2 amide bonds. The molecule has 2 rings (SSSR count). The van der Waals surface area contributed by atoms with Gasteiger partial charge in [0.2, 0.25) is 0 Å². The highest BCUT2D eigenvalue weighted by Crippen LogP contribution is 2.16. The summed E-state index contributed by atoms with van der Waals surface area (Å²) < 4.78 is 0. The fraction of sp³-hybridized carbons (Fsp3) is 0.176. The van der Waals surface area contributed by atoms with Crippen LogP contribution in [-0.2, 0) is 16.0 Å². The maximum Gasteiger partial charge on any atom is 0.316 e. The lowest BCUT2D eigenvalue weighted by molar-refractivity contribution is -0.134. The number of amides is 2. The molecule has 0 saturated carbocycles. The second-order valence-electron chi connectivity index (χ2n) is 4.66. The number of likely N-dealkylation sites (N-methyl/N-ethyl adjacent to an activating group) is 1. The van der Waals surface area contributed by atoms with Crippen LogP contribution in [0.25, 0.3) is 0 Å². The second-order valence-corrected chi connectivity index (χ2v) is 4.66. The second kappa shape index (κ2) is 6.70. The lowest BCUT2D eigenvalue weighted by Gasteiger charge is -2.17. The monoisotopic (exact) mass is 282 g/mol. The first-order chi connectivity index (χ1) is 10.1. The lowest BCUT2D eigenvalue weighted by Crippen LogP contribution is -2.37. The molecule has 0 saturated heterocycles. The average molecular weight is 282 g/mol. The summed E-state index contributed by atoms with van der Waals surface area (Å²) in [5.41, 5.74) is 2.36. The van der Waals surface area contributed by atoms with Crippen molar-refractivity contribution in [2.24, 2.45) is 0 Å². The first-order valence-corrected chi connectivity index (χ1v) is 6.85. The smallest absolute Gasteiger partial charge is 0.316 e. The van der Waals surface area contributed by atoms with Crippen LogP contribution in [0.2, 0.25) is 0 Å². The van der Waals surface area contributed by atoms with E-state index in [0.717, 1.165) is 12.0 Å². The molecule has 0 aliphatic heterocycles. The van der Waals surface area contributed by atoms with Crippen LogP contribution in [0.3, 0.4) is 0 Å². The molecule has 2 aromatic rings. The molecule has 21 heavy (non-hydrogen) atoms. The predicted molar refractivity (Wildman–Crippen MR) is 84.3 cm³/mol. The van der Waals surface area contributed by atoms with Crippen molar-refractivity contribution in [1.82, 2.24) is 0 Å². The minimum absolute atomic E-state index is 0.591. The zero-order valence-corrected chi connectivity index (χ0v) is 12.2. The lowest BCUT2D eigenvalue weighted by atomic mass is 10.1. The third-order valence-electron chi connectivity index (χ3n) is 3.29. The molecule has 2 aromatic carbocycles. The number of carbonyl (C=O) groups is 2. The van der Waals surface area contributed by atoms with Crippen LogP contribution >= 0.6 is 0 Å². The van der Waals surface area contributed by atoms with Crippen LogP contribution in [0, 0.1) is 0 Å². The van der Waals surface area contributed by atoms with Crippen molar-refractivity contribution in [3.63, 3.8) is 0 Å². The Bertz CT molecular complexity index is 638. The molecule has 0 spiro atoms. The highest BCUT2D eigenvalue weighted by molar-refractivity contribution is 6.44. The SMILES string of the molecule is CCc1ccccc1NC(=O)C(=O)N(C)c1ccccc1. The highest BCUT2D eigenvalue weighted by Gasteiger charge is 2.20. The molecular weight excluding hydrogens is 264 g/mol. The molecule has 0 unspecified atom stereocenters. The third kappa shape index (κ3) is 3.48. The fourth-order valence-electron chi connectivity index (χ4n) is 2.05. The van der Waals surface area contributed by atoms with Crippen molar-refractivity contribution in [1.29, 1.82) is 0 Å². The van der Waals surface area contributed by atoms with E-state index in [4.69, 9.17) is 0 Å². The van der Waals surface area contributed by atoms with Crippen LogP contribution in [0.1, 0.15) is 12.5 Å². The molecule has 0 radical (unpaired) electrons. The third-order valence-corrected chi connectivity index (χ3v) is 3.29. The predicted octanol–water partition coefficient (Wildman–Crippen LogP) is 2.85. The topological polar surface area (TPSA) is 49.4 Å². The number of carbonyl (C=O) groups excluding carboxylic acids is 2. The van der Waals surface area contributed by atoms with Gasteiger partial charge in [-0.2, -0.15) is 0 Å². The van der Waals surface area contributed by atoms with E-state index in [1.807, 2.05) is 43.3 Å². The maximum atomic E-state index is 12.2. The summed E-state index contributed by atoms with van der Waals surface area (Å²) in [5, 5.41) is 2.68. The molecule has 108 valence electrons. The summed E-state index contributed by atoms with van der Waals surface area (Å²) in [4.78, 5) is 25.6. The van der Waals surface area contributed by atoms with Crippen molar-refractivity contribution in [2.75, 3.05) is 17.3 Å². The number of hydrogen-bond donors (Lipinski definition) is 1. The summed E-state index contributed by atoms with van der Waals surface area (Å²) in [6, 6.07) is 16.5. The van der Waals surface area contributed by atoms with Crippen LogP contribution in [0.5, 0.6) is 0 Å². The number of nitrogens with one attached hydrogen (secondary N) is 1. The summed E-state index contributed by atoms with van der Waals surface area (Å²) in [5.74, 6) is -1.23. The first-order valence-electron chi connectivity index (χ1n) is 6.85. The Hall–Kier alpha value is -2.62. The highest BCUT2D eigenvalue weighted by atomic mass is 16.2. The van der Waals surface area contributed by atoms with E-state index in [-0.39, 0.29) is 0 Å². The quantitative estimate of drug-likeness (QED) is 0.880. The Labute approximate surface area is 124 Å². The number of anilines is 2. The molecule has 0 aliphatic carbocycles. The molecule has 0 bridgehead atoms. The van der Waals surface area contributed by atoms with Gasteiger partial charge in [0.25, 0.3) is 0 Å². The van der Waals surface area contributed by atoms with Gasteiger partial charge in [0.05, 0.1) is 0 Å². The number of aryl methyl sites for hydroxylation is 1. The molecule has 0 aromatic heterocycles. The Morgan fingerprint density at radius 3 is 2.29 bits per heavy atom. The molecule has 0 fully saturated rings. The summed E-state index contributed by atoms with van der Waals surface area (Å²) in [6.07, 6.45) is 0.791. The van der Waals surface area contributed by atoms with Crippen molar-refractivity contribution < 1.29 is 9.59 Å². The Morgan fingerprint density at radius 1 is 1.00 bits per heavy atom. The van der Waals surface area contributed by atoms with Gasteiger partial charge in [-0.25, -0.2) is 0 Å². The summed E-state index contributed by atoms with van der Waals surface area (Å²) in [7, 11) is 1.59. The van der Waals surface area contributed by atoms with E-state index in [1.165, 1.54) is 4.90 Å². The molecule has 4 heteroatoms. The van der Waals surface area contributed by atoms with E-state index >= 15 is 0 Å². The minimum Gasteiger partial charge on any atom is -0.318 e. The van der Waals surface area contributed by atoms with Gasteiger partial charge in [-0.1, -0.05) is 43.3 Å². The zero-order chi connectivity index (χ0) is 15.2. The van der Waals surface area contributed by atoms with Gasteiger partial charge in [0.15, 0.2) is 0 Å². The van der Waals surface area contributed by atoms with Gasteiger partial charge in [-0.15, -0.1) is 0 Å². The minimum atomic E-state index is -0.637. The largest absolute Gasteiger partial charge is 0.318 e. The van der Waals surface area contributed by atoms with Gasteiger partial charge >= 0.3 is 11.8 Å². The summed E-state index contributed by atoms with van der Waals surface area (Å²) in [6.45, 7) is 2.00. The van der Waals surface area contributed by atoms with Crippen molar-refractivity contribution in [3.8, 4) is 0 Å². The van der Waals surface area contributed by atoms with E-state index in [2.05, 4.69) is 5.32 Å². The van der Waals surface area contributed by atoms with Gasteiger partial charge in [-0.05, 0) is 30.2 Å². The molecular formula is C17H18N2O2. The fourth-order valence-corrected chi connectivity index (χ4v) is 2.05.